The summed E-state index contributed by atoms with van der Waals surface area (Å²) in [5.74, 6) is -0.600. The van der Waals surface area contributed by atoms with Crippen molar-refractivity contribution in [1.82, 2.24) is 0 Å². The average molecular weight is 331 g/mol. The van der Waals surface area contributed by atoms with E-state index in [1.54, 1.807) is 13.0 Å². The van der Waals surface area contributed by atoms with Crippen LogP contribution in [-0.2, 0) is 9.53 Å². The van der Waals surface area contributed by atoms with Crippen molar-refractivity contribution >= 4 is 28.2 Å². The number of benzene rings is 1. The molecule has 0 unspecified atom stereocenters. The van der Waals surface area contributed by atoms with Crippen LogP contribution in [0.15, 0.2) is 36.4 Å². The smallest absolute Gasteiger partial charge is 0.341 e. The first kappa shape index (κ1) is 17.2. The maximum atomic E-state index is 12.2. The third kappa shape index (κ3) is 4.20. The molecular weight excluding hydrogens is 310 g/mol. The first-order chi connectivity index (χ1) is 11.1. The monoisotopic (exact) mass is 331 g/mol. The van der Waals surface area contributed by atoms with Crippen molar-refractivity contribution in [3.8, 4) is 10.4 Å². The lowest BCUT2D eigenvalue weighted by atomic mass is 10.1. The molecule has 0 bridgehead atoms. The lowest BCUT2D eigenvalue weighted by molar-refractivity contribution is -0.119. The lowest BCUT2D eigenvalue weighted by Crippen LogP contribution is -2.20. The molecular formula is C18H21NO3S. The zero-order chi connectivity index (χ0) is 16.8. The third-order valence-electron chi connectivity index (χ3n) is 3.58. The van der Waals surface area contributed by atoms with E-state index in [9.17, 15) is 9.59 Å². The van der Waals surface area contributed by atoms with E-state index in [0.29, 0.717) is 17.2 Å². The van der Waals surface area contributed by atoms with Crippen LogP contribution in [0.2, 0.25) is 0 Å². The Balaban J connectivity index is 2.36. The summed E-state index contributed by atoms with van der Waals surface area (Å²) in [5.41, 5.74) is 1.42. The molecule has 2 rings (SSSR count). The quantitative estimate of drug-likeness (QED) is 0.789. The number of ether oxygens (including phenoxy) is 1. The van der Waals surface area contributed by atoms with Crippen LogP contribution >= 0.6 is 11.3 Å². The number of rotatable bonds is 6. The van der Waals surface area contributed by atoms with E-state index in [4.69, 9.17) is 4.74 Å². The van der Waals surface area contributed by atoms with Crippen LogP contribution in [0.5, 0.6) is 0 Å². The van der Waals surface area contributed by atoms with E-state index >= 15 is 0 Å². The Morgan fingerprint density at radius 3 is 2.52 bits per heavy atom. The molecule has 1 N–H and O–H groups in total. The van der Waals surface area contributed by atoms with Crippen LogP contribution in [0, 0.1) is 5.92 Å². The summed E-state index contributed by atoms with van der Waals surface area (Å²) in [6, 6.07) is 11.5. The molecule has 0 radical (unpaired) electrons. The van der Waals surface area contributed by atoms with Gasteiger partial charge in [0.15, 0.2) is 0 Å². The minimum absolute atomic E-state index is 0.0838. The van der Waals surface area contributed by atoms with E-state index in [1.807, 2.05) is 44.2 Å². The minimum atomic E-state index is -0.412. The van der Waals surface area contributed by atoms with Crippen LogP contribution in [0.1, 0.15) is 37.6 Å². The van der Waals surface area contributed by atoms with Gasteiger partial charge in [-0.25, -0.2) is 4.79 Å². The maximum absolute atomic E-state index is 12.2. The number of nitrogens with one attached hydrogen (secondary N) is 1. The van der Waals surface area contributed by atoms with Crippen molar-refractivity contribution in [2.45, 2.75) is 27.2 Å². The molecule has 0 aliphatic carbocycles. The summed E-state index contributed by atoms with van der Waals surface area (Å²) in [7, 11) is 0. The Hall–Kier alpha value is -2.14. The Morgan fingerprint density at radius 1 is 1.22 bits per heavy atom. The number of hydrogen-bond donors (Lipinski definition) is 1. The van der Waals surface area contributed by atoms with Gasteiger partial charge in [-0.05, 0) is 25.0 Å². The molecule has 1 atom stereocenters. The summed E-state index contributed by atoms with van der Waals surface area (Å²) in [6.45, 7) is 5.89. The average Bonchev–Trinajstić information content (AvgIpc) is 2.99. The van der Waals surface area contributed by atoms with Crippen LogP contribution in [0.25, 0.3) is 10.4 Å². The number of amides is 1. The molecule has 1 aromatic carbocycles. The van der Waals surface area contributed by atoms with Gasteiger partial charge >= 0.3 is 5.97 Å². The molecule has 1 heterocycles. The van der Waals surface area contributed by atoms with Gasteiger partial charge in [-0.15, -0.1) is 11.3 Å². The molecule has 0 aliphatic heterocycles. The van der Waals surface area contributed by atoms with Gasteiger partial charge in [-0.1, -0.05) is 44.2 Å². The summed E-state index contributed by atoms with van der Waals surface area (Å²) in [4.78, 5) is 25.3. The zero-order valence-electron chi connectivity index (χ0n) is 13.6. The maximum Gasteiger partial charge on any atom is 0.341 e. The summed E-state index contributed by atoms with van der Waals surface area (Å²) in [6.07, 6.45) is 0.748. The highest BCUT2D eigenvalue weighted by molar-refractivity contribution is 7.20. The highest BCUT2D eigenvalue weighted by Gasteiger charge is 2.21. The zero-order valence-corrected chi connectivity index (χ0v) is 14.4. The number of esters is 1. The standard InChI is InChI=1S/C18H21NO3S/c1-4-12(3)16(20)19-17-14(18(21)22-5-2)11-15(23-17)13-9-7-6-8-10-13/h6-12H,4-5H2,1-3H3,(H,19,20)/t12-/m0/s1. The molecule has 122 valence electrons. The van der Waals surface area contributed by atoms with Crippen molar-refractivity contribution in [3.05, 3.63) is 42.0 Å². The minimum Gasteiger partial charge on any atom is -0.462 e. The fraction of sp³-hybridized carbons (Fsp3) is 0.333. The van der Waals surface area contributed by atoms with E-state index in [2.05, 4.69) is 5.32 Å². The molecule has 4 nitrogen and oxygen atoms in total. The van der Waals surface area contributed by atoms with Crippen LogP contribution < -0.4 is 5.32 Å². The summed E-state index contributed by atoms with van der Waals surface area (Å²) >= 11 is 1.39. The molecule has 1 amide bonds. The Morgan fingerprint density at radius 2 is 1.91 bits per heavy atom. The van der Waals surface area contributed by atoms with Crippen molar-refractivity contribution in [2.75, 3.05) is 11.9 Å². The second-order valence-corrected chi connectivity index (χ2v) is 6.29. The molecule has 5 heteroatoms. The van der Waals surface area contributed by atoms with Crippen molar-refractivity contribution in [2.24, 2.45) is 5.92 Å². The Kier molecular flexibility index (Phi) is 5.93. The van der Waals surface area contributed by atoms with Crippen molar-refractivity contribution < 1.29 is 14.3 Å². The van der Waals surface area contributed by atoms with Gasteiger partial charge in [-0.3, -0.25) is 4.79 Å². The van der Waals surface area contributed by atoms with Gasteiger partial charge in [0.2, 0.25) is 5.91 Å². The fourth-order valence-corrected chi connectivity index (χ4v) is 3.06. The number of carbonyl (C=O) groups excluding carboxylic acids is 2. The number of thiophene rings is 1. The van der Waals surface area contributed by atoms with Crippen LogP contribution in [0.3, 0.4) is 0 Å². The van der Waals surface area contributed by atoms with Gasteiger partial charge in [0, 0.05) is 10.8 Å². The largest absolute Gasteiger partial charge is 0.462 e. The highest BCUT2D eigenvalue weighted by Crippen LogP contribution is 2.36. The lowest BCUT2D eigenvalue weighted by Gasteiger charge is -2.09. The molecule has 23 heavy (non-hydrogen) atoms. The SMILES string of the molecule is CCOC(=O)c1cc(-c2ccccc2)sc1NC(=O)[C@@H](C)CC. The van der Waals surface area contributed by atoms with Gasteiger partial charge in [0.1, 0.15) is 5.00 Å². The summed E-state index contributed by atoms with van der Waals surface area (Å²) in [5, 5.41) is 3.42. The van der Waals surface area contributed by atoms with Crippen LogP contribution in [0.4, 0.5) is 5.00 Å². The van der Waals surface area contributed by atoms with Gasteiger partial charge in [0.25, 0.3) is 0 Å². The number of anilines is 1. The van der Waals surface area contributed by atoms with Crippen molar-refractivity contribution in [3.63, 3.8) is 0 Å². The highest BCUT2D eigenvalue weighted by atomic mass is 32.1. The molecule has 0 spiro atoms. The summed E-state index contributed by atoms with van der Waals surface area (Å²) < 4.78 is 5.10. The number of hydrogen-bond acceptors (Lipinski definition) is 4. The fourth-order valence-electron chi connectivity index (χ4n) is 2.01. The first-order valence-electron chi connectivity index (χ1n) is 7.74. The molecule has 2 aromatic rings. The van der Waals surface area contributed by atoms with Crippen LogP contribution in [-0.4, -0.2) is 18.5 Å². The molecule has 0 aliphatic rings. The second-order valence-electron chi connectivity index (χ2n) is 5.24. The Bertz CT molecular complexity index is 679. The van der Waals surface area contributed by atoms with E-state index in [-0.39, 0.29) is 11.8 Å². The first-order valence-corrected chi connectivity index (χ1v) is 8.55. The molecule has 1 aromatic heterocycles. The molecule has 0 fully saturated rings. The second kappa shape index (κ2) is 7.92. The number of carbonyl (C=O) groups is 2. The molecule has 0 saturated heterocycles. The Labute approximate surface area is 140 Å². The van der Waals surface area contributed by atoms with E-state index in [0.717, 1.165) is 16.9 Å². The molecule has 0 saturated carbocycles. The van der Waals surface area contributed by atoms with E-state index in [1.165, 1.54) is 11.3 Å². The topological polar surface area (TPSA) is 55.4 Å². The van der Waals surface area contributed by atoms with Gasteiger partial charge < -0.3 is 10.1 Å². The predicted molar refractivity (Wildman–Crippen MR) is 93.8 cm³/mol. The normalized spacial score (nSPS) is 11.8. The van der Waals surface area contributed by atoms with E-state index < -0.39 is 5.97 Å². The van der Waals surface area contributed by atoms with Gasteiger partial charge in [-0.2, -0.15) is 0 Å². The predicted octanol–water partition coefficient (Wildman–Crippen LogP) is 4.58. The van der Waals surface area contributed by atoms with Crippen molar-refractivity contribution in [1.29, 1.82) is 0 Å². The third-order valence-corrected chi connectivity index (χ3v) is 4.68. The van der Waals surface area contributed by atoms with Gasteiger partial charge in [0.05, 0.1) is 12.2 Å².